The van der Waals surface area contributed by atoms with Crippen molar-refractivity contribution in [2.24, 2.45) is 0 Å². The lowest BCUT2D eigenvalue weighted by atomic mass is 9.93. The van der Waals surface area contributed by atoms with Crippen molar-refractivity contribution in [3.63, 3.8) is 0 Å². The van der Waals surface area contributed by atoms with Crippen LogP contribution in [0.15, 0.2) is 73.5 Å². The van der Waals surface area contributed by atoms with Crippen LogP contribution in [0.25, 0.3) is 6.08 Å². The number of imidazole rings is 1. The summed E-state index contributed by atoms with van der Waals surface area (Å²) in [4.78, 5) is 30.6. The number of rotatable bonds is 5. The molecule has 1 aliphatic rings. The van der Waals surface area contributed by atoms with Gasteiger partial charge in [0.2, 0.25) is 11.8 Å². The predicted octanol–water partition coefficient (Wildman–Crippen LogP) is 3.83. The molecule has 146 valence electrons. The van der Waals surface area contributed by atoms with Crippen LogP contribution in [0.4, 0.5) is 5.69 Å². The van der Waals surface area contributed by atoms with Crippen LogP contribution in [0.5, 0.6) is 0 Å². The number of carbonyl (C=O) groups excluding carboxylic acids is 2. The standard InChI is InChI=1S/C23H22N4O2/c1-17(28)27-11-9-19-6-2-3-8-21(19)22(27)14-23(29)25-20-7-4-5-18(13-20)15-26-12-10-24-16-26/h2-13,16,22H,14-15H2,1H3,(H,25,29). The number of hydrogen-bond donors (Lipinski definition) is 1. The number of carbonyl (C=O) groups is 2. The Labute approximate surface area is 169 Å². The van der Waals surface area contributed by atoms with Gasteiger partial charge in [0, 0.05) is 37.7 Å². The van der Waals surface area contributed by atoms with Crippen molar-refractivity contribution in [2.45, 2.75) is 25.9 Å². The lowest BCUT2D eigenvalue weighted by Gasteiger charge is -2.32. The van der Waals surface area contributed by atoms with Gasteiger partial charge in [-0.2, -0.15) is 0 Å². The molecule has 0 radical (unpaired) electrons. The third-order valence-corrected chi connectivity index (χ3v) is 4.98. The minimum atomic E-state index is -0.317. The lowest BCUT2D eigenvalue weighted by Crippen LogP contribution is -2.33. The molecule has 0 aliphatic carbocycles. The van der Waals surface area contributed by atoms with Gasteiger partial charge in [-0.1, -0.05) is 36.4 Å². The summed E-state index contributed by atoms with van der Waals surface area (Å²) in [5.74, 6) is -0.220. The van der Waals surface area contributed by atoms with Crippen molar-refractivity contribution in [1.29, 1.82) is 0 Å². The van der Waals surface area contributed by atoms with Crippen LogP contribution < -0.4 is 5.32 Å². The quantitative estimate of drug-likeness (QED) is 0.725. The molecule has 2 heterocycles. The monoisotopic (exact) mass is 386 g/mol. The minimum Gasteiger partial charge on any atom is -0.333 e. The van der Waals surface area contributed by atoms with Gasteiger partial charge in [-0.15, -0.1) is 0 Å². The Balaban J connectivity index is 1.49. The topological polar surface area (TPSA) is 67.2 Å². The maximum absolute atomic E-state index is 12.8. The van der Waals surface area contributed by atoms with Gasteiger partial charge in [0.05, 0.1) is 18.8 Å². The fraction of sp³-hybridized carbons (Fsp3) is 0.174. The summed E-state index contributed by atoms with van der Waals surface area (Å²) in [6, 6.07) is 15.3. The Hall–Kier alpha value is -3.67. The zero-order valence-electron chi connectivity index (χ0n) is 16.2. The highest BCUT2D eigenvalue weighted by Gasteiger charge is 2.28. The van der Waals surface area contributed by atoms with E-state index in [1.807, 2.05) is 65.4 Å². The van der Waals surface area contributed by atoms with Crippen LogP contribution in [0, 0.1) is 0 Å². The van der Waals surface area contributed by atoms with Gasteiger partial charge in [-0.3, -0.25) is 9.59 Å². The summed E-state index contributed by atoms with van der Waals surface area (Å²) in [5, 5.41) is 2.97. The highest BCUT2D eigenvalue weighted by Crippen LogP contribution is 2.33. The molecular weight excluding hydrogens is 364 g/mol. The van der Waals surface area contributed by atoms with Crippen molar-refractivity contribution in [3.8, 4) is 0 Å². The molecule has 1 unspecified atom stereocenters. The van der Waals surface area contributed by atoms with Gasteiger partial charge in [-0.05, 0) is 34.9 Å². The highest BCUT2D eigenvalue weighted by atomic mass is 16.2. The maximum Gasteiger partial charge on any atom is 0.226 e. The molecule has 29 heavy (non-hydrogen) atoms. The fourth-order valence-corrected chi connectivity index (χ4v) is 3.64. The molecule has 0 bridgehead atoms. The van der Waals surface area contributed by atoms with Crippen LogP contribution in [0.3, 0.4) is 0 Å². The largest absolute Gasteiger partial charge is 0.333 e. The van der Waals surface area contributed by atoms with Gasteiger partial charge in [0.1, 0.15) is 0 Å². The average Bonchev–Trinajstić information content (AvgIpc) is 3.21. The van der Waals surface area contributed by atoms with Crippen LogP contribution in [0.2, 0.25) is 0 Å². The molecule has 4 rings (SSSR count). The predicted molar refractivity (Wildman–Crippen MR) is 112 cm³/mol. The van der Waals surface area contributed by atoms with E-state index < -0.39 is 0 Å². The van der Waals surface area contributed by atoms with Gasteiger partial charge < -0.3 is 14.8 Å². The van der Waals surface area contributed by atoms with Crippen molar-refractivity contribution >= 4 is 23.6 Å². The third kappa shape index (κ3) is 4.27. The third-order valence-electron chi connectivity index (χ3n) is 4.98. The normalized spacial score (nSPS) is 15.1. The summed E-state index contributed by atoms with van der Waals surface area (Å²) in [6.07, 6.45) is 9.25. The molecule has 0 saturated heterocycles. The molecular formula is C23H22N4O2. The fourth-order valence-electron chi connectivity index (χ4n) is 3.64. The Morgan fingerprint density at radius 2 is 2.00 bits per heavy atom. The number of hydrogen-bond acceptors (Lipinski definition) is 3. The summed E-state index contributed by atoms with van der Waals surface area (Å²) < 4.78 is 1.97. The molecule has 0 saturated carbocycles. The molecule has 2 aromatic carbocycles. The first-order valence-corrected chi connectivity index (χ1v) is 9.51. The maximum atomic E-state index is 12.8. The molecule has 0 spiro atoms. The van der Waals surface area contributed by atoms with Crippen LogP contribution in [0.1, 0.15) is 36.1 Å². The summed E-state index contributed by atoms with van der Waals surface area (Å²) >= 11 is 0. The van der Waals surface area contributed by atoms with Crippen molar-refractivity contribution in [1.82, 2.24) is 14.5 Å². The number of fused-ring (bicyclic) bond motifs is 1. The molecule has 0 fully saturated rings. The minimum absolute atomic E-state index is 0.0871. The van der Waals surface area contributed by atoms with E-state index in [1.165, 1.54) is 6.92 Å². The zero-order chi connectivity index (χ0) is 20.2. The number of aromatic nitrogens is 2. The molecule has 6 heteroatoms. The molecule has 3 aromatic rings. The average molecular weight is 386 g/mol. The van der Waals surface area contributed by atoms with E-state index in [9.17, 15) is 9.59 Å². The number of benzene rings is 2. The second kappa shape index (κ2) is 8.14. The summed E-state index contributed by atoms with van der Waals surface area (Å²) in [6.45, 7) is 2.20. The first-order chi connectivity index (χ1) is 14.1. The summed E-state index contributed by atoms with van der Waals surface area (Å²) in [5.41, 5.74) is 3.82. The van der Waals surface area contributed by atoms with Crippen molar-refractivity contribution in [2.75, 3.05) is 5.32 Å². The van der Waals surface area contributed by atoms with Crippen LogP contribution in [-0.2, 0) is 16.1 Å². The second-order valence-corrected chi connectivity index (χ2v) is 7.07. The first-order valence-electron chi connectivity index (χ1n) is 9.51. The Morgan fingerprint density at radius 3 is 2.79 bits per heavy atom. The van der Waals surface area contributed by atoms with Crippen molar-refractivity contribution < 1.29 is 9.59 Å². The smallest absolute Gasteiger partial charge is 0.226 e. The van der Waals surface area contributed by atoms with E-state index in [2.05, 4.69) is 10.3 Å². The lowest BCUT2D eigenvalue weighted by molar-refractivity contribution is -0.129. The molecule has 1 N–H and O–H groups in total. The molecule has 2 amide bonds. The van der Waals surface area contributed by atoms with Gasteiger partial charge >= 0.3 is 0 Å². The van der Waals surface area contributed by atoms with Crippen LogP contribution >= 0.6 is 0 Å². The second-order valence-electron chi connectivity index (χ2n) is 7.07. The molecule has 1 atom stereocenters. The van der Waals surface area contributed by atoms with Gasteiger partial charge in [0.25, 0.3) is 0 Å². The Morgan fingerprint density at radius 1 is 1.14 bits per heavy atom. The Kier molecular flexibility index (Phi) is 5.24. The van der Waals surface area contributed by atoms with E-state index >= 15 is 0 Å². The van der Waals surface area contributed by atoms with E-state index in [1.54, 1.807) is 23.6 Å². The number of amides is 2. The molecule has 1 aliphatic heterocycles. The SMILES string of the molecule is CC(=O)N1C=Cc2ccccc2C1CC(=O)Nc1cccc(Cn2ccnc2)c1. The highest BCUT2D eigenvalue weighted by molar-refractivity contribution is 5.92. The number of anilines is 1. The Bertz CT molecular complexity index is 1060. The van der Waals surface area contributed by atoms with E-state index in [0.29, 0.717) is 6.54 Å². The molecule has 1 aromatic heterocycles. The van der Waals surface area contributed by atoms with E-state index in [4.69, 9.17) is 0 Å². The van der Waals surface area contributed by atoms with Gasteiger partial charge in [-0.25, -0.2) is 4.98 Å². The number of nitrogens with one attached hydrogen (secondary N) is 1. The number of nitrogens with zero attached hydrogens (tertiary/aromatic N) is 3. The first kappa shape index (κ1) is 18.7. The molecule has 6 nitrogen and oxygen atoms in total. The summed E-state index contributed by atoms with van der Waals surface area (Å²) in [7, 11) is 0. The van der Waals surface area contributed by atoms with E-state index in [0.717, 1.165) is 22.4 Å². The van der Waals surface area contributed by atoms with Crippen molar-refractivity contribution in [3.05, 3.63) is 90.1 Å². The van der Waals surface area contributed by atoms with E-state index in [-0.39, 0.29) is 24.3 Å². The van der Waals surface area contributed by atoms with Gasteiger partial charge in [0.15, 0.2) is 0 Å². The van der Waals surface area contributed by atoms with Crippen LogP contribution in [-0.4, -0.2) is 26.3 Å². The zero-order valence-corrected chi connectivity index (χ0v) is 16.2.